The van der Waals surface area contributed by atoms with Gasteiger partial charge in [0, 0.05) is 27.7 Å². The van der Waals surface area contributed by atoms with E-state index in [0.29, 0.717) is 51.3 Å². The van der Waals surface area contributed by atoms with Gasteiger partial charge in [-0.1, -0.05) is 37.6 Å². The molecule has 0 amide bonds. The number of rotatable bonds is 12. The molecule has 0 saturated carbocycles. The predicted molar refractivity (Wildman–Crippen MR) is 192 cm³/mol. The maximum Gasteiger partial charge on any atom is 0.282 e. The first-order valence-electron chi connectivity index (χ1n) is 15.4. The van der Waals surface area contributed by atoms with Gasteiger partial charge < -0.3 is 14.2 Å². The van der Waals surface area contributed by atoms with Gasteiger partial charge in [0.05, 0.1) is 35.3 Å². The standard InChI is InChI=1S/C36H34BrClN4O6/c1-6-46-30-16-22(5)28(18-27(30)21(3)4)35-40-29-11-9-8-10-26(29)36(43)41(35)39-19-24-17-31(47-7-2)34(33(38)32(24)37)48-20-23-12-14-25(15-13-23)42(44)45/h8-19,21H,6-7,20H2,1-5H3. The Kier molecular flexibility index (Phi) is 10.8. The lowest BCUT2D eigenvalue weighted by Crippen LogP contribution is -2.21. The molecule has 10 nitrogen and oxygen atoms in total. The Morgan fingerprint density at radius 1 is 1.02 bits per heavy atom. The summed E-state index contributed by atoms with van der Waals surface area (Å²) < 4.78 is 19.6. The Balaban J connectivity index is 1.60. The van der Waals surface area contributed by atoms with E-state index in [1.165, 1.54) is 23.0 Å². The SMILES string of the molecule is CCOc1cc(C)c(-c2nc3ccccc3c(=O)n2N=Cc2cc(OCC)c(OCc3ccc([N+](=O)[O-])cc3)c(Cl)c2Br)cc1C(C)C. The molecule has 0 aliphatic heterocycles. The number of nitrogens with zero attached hydrogens (tertiary/aromatic N) is 4. The molecule has 0 saturated heterocycles. The number of nitro groups is 1. The molecule has 1 heterocycles. The second-order valence-electron chi connectivity index (χ2n) is 11.2. The van der Waals surface area contributed by atoms with Crippen molar-refractivity contribution in [1.82, 2.24) is 9.66 Å². The van der Waals surface area contributed by atoms with Gasteiger partial charge in [-0.2, -0.15) is 9.78 Å². The van der Waals surface area contributed by atoms with Gasteiger partial charge in [0.15, 0.2) is 17.3 Å². The molecule has 0 N–H and O–H groups in total. The molecular weight excluding hydrogens is 700 g/mol. The van der Waals surface area contributed by atoms with Crippen molar-refractivity contribution in [2.24, 2.45) is 5.10 Å². The summed E-state index contributed by atoms with van der Waals surface area (Å²) in [4.78, 5) is 29.4. The predicted octanol–water partition coefficient (Wildman–Crippen LogP) is 9.08. The number of hydrogen-bond donors (Lipinski definition) is 0. The van der Waals surface area contributed by atoms with Crippen molar-refractivity contribution in [3.63, 3.8) is 0 Å². The van der Waals surface area contributed by atoms with Crippen molar-refractivity contribution in [1.29, 1.82) is 0 Å². The van der Waals surface area contributed by atoms with Crippen LogP contribution < -0.4 is 19.8 Å². The Hall–Kier alpha value is -4.74. The number of fused-ring (bicyclic) bond motifs is 1. The average molecular weight is 734 g/mol. The highest BCUT2D eigenvalue weighted by Gasteiger charge is 2.21. The molecular formula is C36H34BrClN4O6. The lowest BCUT2D eigenvalue weighted by molar-refractivity contribution is -0.384. The first-order valence-corrected chi connectivity index (χ1v) is 16.6. The van der Waals surface area contributed by atoms with Crippen molar-refractivity contribution in [2.45, 2.75) is 47.1 Å². The molecule has 0 fully saturated rings. The smallest absolute Gasteiger partial charge is 0.282 e. The molecule has 0 aliphatic carbocycles. The highest BCUT2D eigenvalue weighted by atomic mass is 79.9. The van der Waals surface area contributed by atoms with E-state index in [9.17, 15) is 14.9 Å². The number of non-ortho nitro benzene ring substituents is 1. The molecule has 0 bridgehead atoms. The molecule has 0 spiro atoms. The monoisotopic (exact) mass is 732 g/mol. The summed E-state index contributed by atoms with van der Waals surface area (Å²) >= 11 is 10.4. The molecule has 0 atom stereocenters. The van der Waals surface area contributed by atoms with Crippen molar-refractivity contribution >= 4 is 50.3 Å². The second-order valence-corrected chi connectivity index (χ2v) is 12.3. The normalized spacial score (nSPS) is 11.4. The third kappa shape index (κ3) is 7.22. The summed E-state index contributed by atoms with van der Waals surface area (Å²) in [5, 5.41) is 16.3. The number of halogens is 2. The van der Waals surface area contributed by atoms with E-state index in [-0.39, 0.29) is 34.5 Å². The first-order chi connectivity index (χ1) is 23.0. The highest BCUT2D eigenvalue weighted by Crippen LogP contribution is 2.43. The Labute approximate surface area is 291 Å². The molecule has 1 aromatic heterocycles. The van der Waals surface area contributed by atoms with Crippen molar-refractivity contribution in [3.8, 4) is 28.6 Å². The summed E-state index contributed by atoms with van der Waals surface area (Å²) in [5.41, 5.74) is 4.08. The maximum absolute atomic E-state index is 14.0. The van der Waals surface area contributed by atoms with Crippen LogP contribution in [0.15, 0.2) is 81.1 Å². The van der Waals surface area contributed by atoms with E-state index in [0.717, 1.165) is 22.4 Å². The Morgan fingerprint density at radius 3 is 2.38 bits per heavy atom. The lowest BCUT2D eigenvalue weighted by atomic mass is 9.96. The summed E-state index contributed by atoms with van der Waals surface area (Å²) in [7, 11) is 0. The fourth-order valence-electron chi connectivity index (χ4n) is 5.16. The minimum absolute atomic E-state index is 0.0138. The van der Waals surface area contributed by atoms with Crippen LogP contribution in [0.4, 0.5) is 5.69 Å². The summed E-state index contributed by atoms with van der Waals surface area (Å²) in [6.45, 7) is 10.9. The third-order valence-electron chi connectivity index (χ3n) is 7.57. The van der Waals surface area contributed by atoms with Gasteiger partial charge in [-0.25, -0.2) is 4.98 Å². The minimum Gasteiger partial charge on any atom is -0.494 e. The zero-order chi connectivity index (χ0) is 34.5. The fraction of sp³-hybridized carbons (Fsp3) is 0.250. The lowest BCUT2D eigenvalue weighted by Gasteiger charge is -2.18. The van der Waals surface area contributed by atoms with Crippen LogP contribution in [-0.2, 0) is 6.61 Å². The number of nitro benzene ring substituents is 1. The number of benzene rings is 4. The van der Waals surface area contributed by atoms with Gasteiger partial charge in [-0.05, 0) is 102 Å². The van der Waals surface area contributed by atoms with E-state index in [4.69, 9.17) is 30.8 Å². The van der Waals surface area contributed by atoms with Crippen molar-refractivity contribution in [3.05, 3.63) is 119 Å². The quantitative estimate of drug-likeness (QED) is 0.0713. The largest absolute Gasteiger partial charge is 0.494 e. The first kappa shape index (κ1) is 34.6. The van der Waals surface area contributed by atoms with Gasteiger partial charge in [-0.15, -0.1) is 0 Å². The highest BCUT2D eigenvalue weighted by molar-refractivity contribution is 9.10. The Bertz CT molecular complexity index is 2080. The van der Waals surface area contributed by atoms with Gasteiger partial charge >= 0.3 is 0 Å². The van der Waals surface area contributed by atoms with Crippen LogP contribution in [0.1, 0.15) is 55.9 Å². The van der Waals surface area contributed by atoms with E-state index in [2.05, 4.69) is 34.9 Å². The van der Waals surface area contributed by atoms with E-state index in [1.807, 2.05) is 45.0 Å². The average Bonchev–Trinajstić information content (AvgIpc) is 3.06. The second kappa shape index (κ2) is 15.0. The number of aromatic nitrogens is 2. The zero-order valence-corrected chi connectivity index (χ0v) is 29.5. The summed E-state index contributed by atoms with van der Waals surface area (Å²) in [6, 6.07) is 18.9. The summed E-state index contributed by atoms with van der Waals surface area (Å²) in [6.07, 6.45) is 1.52. The van der Waals surface area contributed by atoms with Crippen molar-refractivity contribution in [2.75, 3.05) is 13.2 Å². The Morgan fingerprint density at radius 2 is 1.71 bits per heavy atom. The molecule has 12 heteroatoms. The zero-order valence-electron chi connectivity index (χ0n) is 27.1. The van der Waals surface area contributed by atoms with Crippen LogP contribution in [0.3, 0.4) is 0 Å². The van der Waals surface area contributed by atoms with Gasteiger partial charge in [0.2, 0.25) is 0 Å². The number of aryl methyl sites for hydroxylation is 1. The van der Waals surface area contributed by atoms with Crippen LogP contribution in [0.5, 0.6) is 17.2 Å². The third-order valence-corrected chi connectivity index (χ3v) is 9.01. The van der Waals surface area contributed by atoms with E-state index < -0.39 is 4.92 Å². The van der Waals surface area contributed by atoms with Gasteiger partial charge in [0.1, 0.15) is 17.4 Å². The molecule has 48 heavy (non-hydrogen) atoms. The van der Waals surface area contributed by atoms with Crippen LogP contribution in [-0.4, -0.2) is 34.0 Å². The molecule has 0 radical (unpaired) electrons. The fourth-order valence-corrected chi connectivity index (χ4v) is 5.81. The van der Waals surface area contributed by atoms with Gasteiger partial charge in [0.25, 0.3) is 11.2 Å². The van der Waals surface area contributed by atoms with Crippen molar-refractivity contribution < 1.29 is 19.1 Å². The molecule has 248 valence electrons. The molecule has 0 aliphatic rings. The number of hydrogen-bond acceptors (Lipinski definition) is 8. The van der Waals surface area contributed by atoms with Crippen LogP contribution in [0, 0.1) is 17.0 Å². The molecule has 4 aromatic carbocycles. The van der Waals surface area contributed by atoms with E-state index in [1.54, 1.807) is 30.3 Å². The maximum atomic E-state index is 14.0. The minimum atomic E-state index is -0.459. The van der Waals surface area contributed by atoms with E-state index >= 15 is 0 Å². The van der Waals surface area contributed by atoms with Crippen LogP contribution >= 0.6 is 27.5 Å². The van der Waals surface area contributed by atoms with Crippen LogP contribution in [0.2, 0.25) is 5.02 Å². The molecule has 0 unspecified atom stereocenters. The summed E-state index contributed by atoms with van der Waals surface area (Å²) in [5.74, 6) is 1.99. The molecule has 5 rings (SSSR count). The number of para-hydroxylation sites is 1. The van der Waals surface area contributed by atoms with Gasteiger partial charge in [-0.3, -0.25) is 14.9 Å². The number of ether oxygens (including phenoxy) is 3. The topological polar surface area (TPSA) is 118 Å². The molecule has 5 aromatic rings. The van der Waals surface area contributed by atoms with Crippen LogP contribution in [0.25, 0.3) is 22.3 Å².